The maximum Gasteiger partial charge on any atom is 0.361 e. The summed E-state index contributed by atoms with van der Waals surface area (Å²) in [4.78, 5) is 37.5. The molecule has 0 aromatic rings. The molecule has 0 fully saturated rings. The number of allylic oxidation sites excluding steroid dienone is 12. The number of aliphatic carboxylic acids is 1. The molecule has 470 valence electrons. The van der Waals surface area contributed by atoms with E-state index in [2.05, 4.69) is 86.8 Å². The highest BCUT2D eigenvalue weighted by Gasteiger charge is 2.25. The van der Waals surface area contributed by atoms with Crippen LogP contribution in [0, 0.1) is 0 Å². The van der Waals surface area contributed by atoms with E-state index in [1.165, 1.54) is 205 Å². The van der Waals surface area contributed by atoms with E-state index in [9.17, 15) is 19.5 Å². The van der Waals surface area contributed by atoms with Crippen molar-refractivity contribution >= 4 is 17.9 Å². The van der Waals surface area contributed by atoms with E-state index in [1.807, 2.05) is 21.1 Å². The summed E-state index contributed by atoms with van der Waals surface area (Å²) in [7, 11) is 5.96. The molecule has 9 nitrogen and oxygen atoms in total. The Hall–Kier alpha value is -3.27. The number of rotatable bonds is 63. The van der Waals surface area contributed by atoms with E-state index >= 15 is 0 Å². The number of quaternary nitrogens is 1. The van der Waals surface area contributed by atoms with E-state index in [-0.39, 0.29) is 32.2 Å². The van der Waals surface area contributed by atoms with Crippen LogP contribution in [0.2, 0.25) is 0 Å². The molecule has 0 aliphatic heterocycles. The summed E-state index contributed by atoms with van der Waals surface area (Å²) in [6.45, 7) is 4.75. The summed E-state index contributed by atoms with van der Waals surface area (Å²) in [6.07, 6.45) is 80.4. The first-order valence-corrected chi connectivity index (χ1v) is 34.1. The molecule has 0 saturated carbocycles. The number of ether oxygens (including phenoxy) is 4. The van der Waals surface area contributed by atoms with Crippen molar-refractivity contribution in [1.82, 2.24) is 0 Å². The molecule has 0 amide bonds. The lowest BCUT2D eigenvalue weighted by molar-refractivity contribution is -0.870. The van der Waals surface area contributed by atoms with Crippen LogP contribution in [-0.4, -0.2) is 87.4 Å². The molecule has 0 aliphatic rings. The van der Waals surface area contributed by atoms with Gasteiger partial charge in [-0.1, -0.05) is 286 Å². The number of carbonyl (C=O) groups excluding carboxylic acids is 2. The van der Waals surface area contributed by atoms with Crippen LogP contribution in [0.1, 0.15) is 309 Å². The van der Waals surface area contributed by atoms with E-state index in [4.69, 9.17) is 18.9 Å². The Labute approximate surface area is 500 Å². The Morgan fingerprint density at radius 2 is 0.704 bits per heavy atom. The Morgan fingerprint density at radius 3 is 1.07 bits per heavy atom. The van der Waals surface area contributed by atoms with Gasteiger partial charge < -0.3 is 28.5 Å². The number of hydrogen-bond donors (Lipinski definition) is 1. The fraction of sp³-hybridized carbons (Fsp3) is 0.792. The topological polar surface area (TPSA) is 108 Å². The Morgan fingerprint density at radius 1 is 0.383 bits per heavy atom. The summed E-state index contributed by atoms with van der Waals surface area (Å²) >= 11 is 0. The monoisotopic (exact) mass is 1140 g/mol. The highest BCUT2D eigenvalue weighted by Crippen LogP contribution is 2.18. The van der Waals surface area contributed by atoms with E-state index in [1.54, 1.807) is 0 Å². The zero-order valence-electron chi connectivity index (χ0n) is 53.7. The average Bonchev–Trinajstić information content (AvgIpc) is 3.44. The first kappa shape index (κ1) is 77.7. The van der Waals surface area contributed by atoms with Crippen molar-refractivity contribution in [2.45, 2.75) is 322 Å². The predicted molar refractivity (Wildman–Crippen MR) is 346 cm³/mol. The van der Waals surface area contributed by atoms with Crippen molar-refractivity contribution < 1.29 is 42.9 Å². The van der Waals surface area contributed by atoms with Crippen molar-refractivity contribution in [3.63, 3.8) is 0 Å². The summed E-state index contributed by atoms with van der Waals surface area (Å²) in [5.41, 5.74) is 0. The van der Waals surface area contributed by atoms with Crippen LogP contribution >= 0.6 is 0 Å². The van der Waals surface area contributed by atoms with Crippen molar-refractivity contribution in [3.8, 4) is 0 Å². The number of unbranched alkanes of at least 4 members (excludes halogenated alkanes) is 36. The quantitative estimate of drug-likeness (QED) is 0.0211. The maximum absolute atomic E-state index is 12.9. The minimum Gasteiger partial charge on any atom is -0.477 e. The van der Waals surface area contributed by atoms with Gasteiger partial charge >= 0.3 is 17.9 Å². The second-order valence-corrected chi connectivity index (χ2v) is 24.1. The highest BCUT2D eigenvalue weighted by molar-refractivity contribution is 5.71. The minimum atomic E-state index is -1.52. The average molecular weight is 1140 g/mol. The van der Waals surface area contributed by atoms with Crippen molar-refractivity contribution in [2.24, 2.45) is 0 Å². The third-order valence-electron chi connectivity index (χ3n) is 14.9. The van der Waals surface area contributed by atoms with Crippen LogP contribution < -0.4 is 0 Å². The fourth-order valence-corrected chi connectivity index (χ4v) is 9.74. The standard InChI is InChI=1S/C72H129NO8/c1-6-8-10-12-14-16-18-20-22-24-26-27-28-29-30-31-32-33-34-35-36-37-38-39-40-41-42-43-45-46-48-50-52-54-56-58-60-62-69(74)79-66-68(67-80-72(71(76)77)78-65-64-73(3,4)5)81-70(75)63-61-59-57-55-53-51-49-47-44-25-23-21-19-17-15-13-11-9-7-2/h9,11,15,17,21,23-24,26,44,47,51,53,68,72H,6-8,10,12-14,16,18-20,22,25,27-43,45-46,48-50,52,54-67H2,1-5H3/p+1/b11-9-,17-15-,23-21-,26-24-,47-44-,53-51-. The van der Waals surface area contributed by atoms with Gasteiger partial charge in [0, 0.05) is 12.8 Å². The second kappa shape index (κ2) is 62.8. The van der Waals surface area contributed by atoms with Gasteiger partial charge in [0.15, 0.2) is 6.10 Å². The summed E-state index contributed by atoms with van der Waals surface area (Å²) in [5.74, 6) is -2.04. The number of likely N-dealkylation sites (N-methyl/N-ethyl adjacent to an activating group) is 1. The van der Waals surface area contributed by atoms with Gasteiger partial charge in [0.05, 0.1) is 34.4 Å². The van der Waals surface area contributed by atoms with Crippen LogP contribution in [0.15, 0.2) is 72.9 Å². The first-order chi connectivity index (χ1) is 39.6. The van der Waals surface area contributed by atoms with Gasteiger partial charge in [-0.3, -0.25) is 9.59 Å². The zero-order chi connectivity index (χ0) is 59.1. The third-order valence-corrected chi connectivity index (χ3v) is 14.9. The number of carboxylic acids is 1. The molecule has 0 aromatic heterocycles. The molecule has 1 N–H and O–H groups in total. The molecule has 0 rings (SSSR count). The third kappa shape index (κ3) is 64.1. The van der Waals surface area contributed by atoms with Crippen LogP contribution in [0.4, 0.5) is 0 Å². The number of nitrogens with zero attached hydrogens (tertiary/aromatic N) is 1. The molecule has 9 heteroatoms. The smallest absolute Gasteiger partial charge is 0.361 e. The lowest BCUT2D eigenvalue weighted by atomic mass is 10.0. The molecule has 0 bridgehead atoms. The SMILES string of the molecule is CC/C=C\C/C=C\C/C=C\C/C=C\C/C=C\CCCCCC(=O)OC(COC(=O)CCCCCCCCCCCCCCCCCCCCCCCCCCC/C=C\CCCCCCCCCC)COC(OCC[N+](C)(C)C)C(=O)O. The number of hydrogen-bond acceptors (Lipinski definition) is 7. The van der Waals surface area contributed by atoms with Crippen LogP contribution in [-0.2, 0) is 33.3 Å². The van der Waals surface area contributed by atoms with E-state index < -0.39 is 24.3 Å². The first-order valence-electron chi connectivity index (χ1n) is 34.1. The molecule has 0 saturated heterocycles. The molecule has 0 radical (unpaired) electrons. The van der Waals surface area contributed by atoms with Crippen LogP contribution in [0.3, 0.4) is 0 Å². The molecule has 0 heterocycles. The van der Waals surface area contributed by atoms with Gasteiger partial charge in [0.2, 0.25) is 0 Å². The van der Waals surface area contributed by atoms with Crippen molar-refractivity contribution in [3.05, 3.63) is 72.9 Å². The molecular formula is C72H130NO8+. The van der Waals surface area contributed by atoms with Crippen molar-refractivity contribution in [1.29, 1.82) is 0 Å². The van der Waals surface area contributed by atoms with Gasteiger partial charge in [-0.2, -0.15) is 0 Å². The lowest BCUT2D eigenvalue weighted by Gasteiger charge is -2.25. The largest absolute Gasteiger partial charge is 0.477 e. The lowest BCUT2D eigenvalue weighted by Crippen LogP contribution is -2.40. The molecule has 2 unspecified atom stereocenters. The molecule has 0 aromatic carbocycles. The van der Waals surface area contributed by atoms with Gasteiger partial charge in [-0.25, -0.2) is 4.79 Å². The Bertz CT molecular complexity index is 1560. The predicted octanol–water partition coefficient (Wildman–Crippen LogP) is 20.9. The Kier molecular flexibility index (Phi) is 60.2. The Balaban J connectivity index is 4.02. The fourth-order valence-electron chi connectivity index (χ4n) is 9.74. The summed E-state index contributed by atoms with van der Waals surface area (Å²) < 4.78 is 22.9. The van der Waals surface area contributed by atoms with Gasteiger partial charge in [0.1, 0.15) is 13.2 Å². The number of carboxylic acid groups (broad SMARTS) is 1. The maximum atomic E-state index is 12.9. The highest BCUT2D eigenvalue weighted by atomic mass is 16.7. The van der Waals surface area contributed by atoms with Gasteiger partial charge in [-0.15, -0.1) is 0 Å². The molecule has 81 heavy (non-hydrogen) atoms. The molecule has 0 spiro atoms. The normalized spacial score (nSPS) is 13.1. The summed E-state index contributed by atoms with van der Waals surface area (Å²) in [6, 6.07) is 0. The van der Waals surface area contributed by atoms with Crippen molar-refractivity contribution in [2.75, 3.05) is 47.5 Å². The zero-order valence-corrected chi connectivity index (χ0v) is 53.7. The minimum absolute atomic E-state index is 0.179. The second-order valence-electron chi connectivity index (χ2n) is 24.1. The van der Waals surface area contributed by atoms with Crippen LogP contribution in [0.25, 0.3) is 0 Å². The molecular weight excluding hydrogens is 1010 g/mol. The van der Waals surface area contributed by atoms with E-state index in [0.29, 0.717) is 23.9 Å². The number of esters is 2. The molecule has 2 atom stereocenters. The summed E-state index contributed by atoms with van der Waals surface area (Å²) in [5, 5.41) is 9.72. The molecule has 0 aliphatic carbocycles. The van der Waals surface area contributed by atoms with Gasteiger partial charge in [0.25, 0.3) is 6.29 Å². The van der Waals surface area contributed by atoms with Gasteiger partial charge in [-0.05, 0) is 83.5 Å². The van der Waals surface area contributed by atoms with E-state index in [0.717, 1.165) is 70.6 Å². The van der Waals surface area contributed by atoms with Crippen LogP contribution in [0.5, 0.6) is 0 Å². The number of carbonyl (C=O) groups is 3.